The molecule has 0 aliphatic carbocycles. The largest absolute Gasteiger partial charge is 0.480 e. The fraction of sp³-hybridized carbons (Fsp3) is 0.130. The predicted octanol–water partition coefficient (Wildman–Crippen LogP) is 3.52. The highest BCUT2D eigenvalue weighted by atomic mass is 32.2. The molecule has 0 spiro atoms. The molecule has 0 unspecified atom stereocenters. The van der Waals surface area contributed by atoms with Crippen molar-refractivity contribution in [3.05, 3.63) is 78.4 Å². The number of aliphatic carboxylic acids is 1. The van der Waals surface area contributed by atoms with E-state index in [1.807, 2.05) is 60.7 Å². The Balaban J connectivity index is 1.50. The van der Waals surface area contributed by atoms with Crippen LogP contribution in [0.2, 0.25) is 0 Å². The molecule has 4 N–H and O–H groups in total. The summed E-state index contributed by atoms with van der Waals surface area (Å²) in [7, 11) is -3.62. The molecule has 1 aromatic heterocycles. The number of nitrogens with one attached hydrogen (secondary N) is 3. The highest BCUT2D eigenvalue weighted by molar-refractivity contribution is 7.88. The van der Waals surface area contributed by atoms with Gasteiger partial charge in [-0.15, -0.1) is 0 Å². The third-order valence-corrected chi connectivity index (χ3v) is 5.61. The molecule has 0 saturated heterocycles. The van der Waals surface area contributed by atoms with Crippen molar-refractivity contribution in [3.63, 3.8) is 0 Å². The van der Waals surface area contributed by atoms with E-state index in [0.717, 1.165) is 34.1 Å². The van der Waals surface area contributed by atoms with Crippen LogP contribution in [0.5, 0.6) is 0 Å². The lowest BCUT2D eigenvalue weighted by Gasteiger charge is -2.13. The summed E-state index contributed by atoms with van der Waals surface area (Å²) < 4.78 is 25.0. The van der Waals surface area contributed by atoms with Crippen LogP contribution < -0.4 is 10.0 Å². The second-order valence-corrected chi connectivity index (χ2v) is 9.27. The zero-order chi connectivity index (χ0) is 22.7. The first-order chi connectivity index (χ1) is 15.3. The van der Waals surface area contributed by atoms with Crippen LogP contribution in [-0.2, 0) is 21.2 Å². The van der Waals surface area contributed by atoms with Gasteiger partial charge in [0.25, 0.3) is 0 Å². The van der Waals surface area contributed by atoms with Crippen molar-refractivity contribution in [2.24, 2.45) is 0 Å². The Morgan fingerprint density at radius 3 is 2.47 bits per heavy atom. The number of anilines is 2. The summed E-state index contributed by atoms with van der Waals surface area (Å²) >= 11 is 0. The Morgan fingerprint density at radius 2 is 1.78 bits per heavy atom. The maximum atomic E-state index is 11.4. The van der Waals surface area contributed by atoms with Gasteiger partial charge in [-0.3, -0.25) is 4.79 Å². The van der Waals surface area contributed by atoms with Gasteiger partial charge >= 0.3 is 5.97 Å². The quantitative estimate of drug-likeness (QED) is 0.326. The van der Waals surface area contributed by atoms with E-state index in [4.69, 9.17) is 0 Å². The zero-order valence-corrected chi connectivity index (χ0v) is 18.1. The zero-order valence-electron chi connectivity index (χ0n) is 17.2. The summed E-state index contributed by atoms with van der Waals surface area (Å²) in [5, 5.41) is 12.6. The number of hydrogen-bond acceptors (Lipinski definition) is 5. The lowest BCUT2D eigenvalue weighted by atomic mass is 10.0. The Morgan fingerprint density at radius 1 is 1.03 bits per heavy atom. The van der Waals surface area contributed by atoms with Crippen molar-refractivity contribution in [2.75, 3.05) is 11.6 Å². The molecule has 9 heteroatoms. The smallest absolute Gasteiger partial charge is 0.322 e. The van der Waals surface area contributed by atoms with Gasteiger partial charge in [-0.1, -0.05) is 48.5 Å². The molecule has 164 valence electrons. The maximum absolute atomic E-state index is 11.4. The van der Waals surface area contributed by atoms with Gasteiger partial charge in [-0.2, -0.15) is 0 Å². The molecule has 3 aromatic carbocycles. The predicted molar refractivity (Wildman–Crippen MR) is 124 cm³/mol. The molecule has 0 fully saturated rings. The minimum absolute atomic E-state index is 0.0519. The van der Waals surface area contributed by atoms with Crippen LogP contribution in [0, 0.1) is 0 Å². The van der Waals surface area contributed by atoms with Crippen molar-refractivity contribution in [1.82, 2.24) is 14.7 Å². The van der Waals surface area contributed by atoms with Gasteiger partial charge in [0.05, 0.1) is 17.3 Å². The van der Waals surface area contributed by atoms with E-state index in [9.17, 15) is 18.3 Å². The van der Waals surface area contributed by atoms with Crippen LogP contribution in [0.1, 0.15) is 5.56 Å². The number of carbonyl (C=O) groups is 1. The number of fused-ring (bicyclic) bond motifs is 1. The summed E-state index contributed by atoms with van der Waals surface area (Å²) in [6.07, 6.45) is 0.995. The van der Waals surface area contributed by atoms with E-state index < -0.39 is 22.0 Å². The SMILES string of the molecule is CS(=O)(=O)N[C@@H](Cc1ccc(-c2cccc(Nc3nc4ccccc4[nH]3)c2)cc1)C(=O)O. The van der Waals surface area contributed by atoms with Gasteiger partial charge in [0, 0.05) is 5.69 Å². The molecule has 0 bridgehead atoms. The number of nitrogens with zero attached hydrogens (tertiary/aromatic N) is 1. The molecule has 32 heavy (non-hydrogen) atoms. The van der Waals surface area contributed by atoms with Crippen LogP contribution in [0.4, 0.5) is 11.6 Å². The van der Waals surface area contributed by atoms with Crippen LogP contribution >= 0.6 is 0 Å². The van der Waals surface area contributed by atoms with Gasteiger partial charge in [0.1, 0.15) is 6.04 Å². The molecule has 0 radical (unpaired) electrons. The number of aromatic nitrogens is 2. The summed E-state index contributed by atoms with van der Waals surface area (Å²) in [5.74, 6) is -0.569. The number of rotatable bonds is 8. The topological polar surface area (TPSA) is 124 Å². The third-order valence-electron chi connectivity index (χ3n) is 4.90. The van der Waals surface area contributed by atoms with Crippen molar-refractivity contribution in [3.8, 4) is 11.1 Å². The first-order valence-electron chi connectivity index (χ1n) is 9.88. The fourth-order valence-corrected chi connectivity index (χ4v) is 4.13. The number of para-hydroxylation sites is 2. The molecular weight excluding hydrogens is 428 g/mol. The molecule has 4 aromatic rings. The number of benzene rings is 3. The van der Waals surface area contributed by atoms with Crippen LogP contribution in [0.3, 0.4) is 0 Å². The van der Waals surface area contributed by atoms with Crippen molar-refractivity contribution in [1.29, 1.82) is 0 Å². The van der Waals surface area contributed by atoms with E-state index in [1.54, 1.807) is 12.1 Å². The number of carboxylic acid groups (broad SMARTS) is 1. The monoisotopic (exact) mass is 450 g/mol. The summed E-state index contributed by atoms with van der Waals surface area (Å²) in [6.45, 7) is 0. The first-order valence-corrected chi connectivity index (χ1v) is 11.8. The number of H-pyrrole nitrogens is 1. The number of hydrogen-bond donors (Lipinski definition) is 4. The molecule has 0 aliphatic heterocycles. The van der Waals surface area contributed by atoms with Crippen LogP contribution in [0.15, 0.2) is 72.8 Å². The number of carboxylic acids is 1. The second-order valence-electron chi connectivity index (χ2n) is 7.49. The highest BCUT2D eigenvalue weighted by Gasteiger charge is 2.21. The Hall–Kier alpha value is -3.69. The minimum atomic E-state index is -3.62. The molecule has 1 atom stereocenters. The first kappa shape index (κ1) is 21.5. The van der Waals surface area contributed by atoms with Crippen molar-refractivity contribution >= 4 is 38.7 Å². The molecule has 4 rings (SSSR count). The van der Waals surface area contributed by atoms with Crippen molar-refractivity contribution in [2.45, 2.75) is 12.5 Å². The summed E-state index contributed by atoms with van der Waals surface area (Å²) in [6, 6.07) is 21.8. The average Bonchev–Trinajstić information content (AvgIpc) is 3.15. The van der Waals surface area contributed by atoms with Gasteiger partial charge < -0.3 is 15.4 Å². The second kappa shape index (κ2) is 8.81. The lowest BCUT2D eigenvalue weighted by molar-refractivity contribution is -0.138. The van der Waals surface area contributed by atoms with Gasteiger partial charge in [0.15, 0.2) is 0 Å². The summed E-state index contributed by atoms with van der Waals surface area (Å²) in [4.78, 5) is 19.1. The number of aromatic amines is 1. The number of imidazole rings is 1. The van der Waals surface area contributed by atoms with Crippen LogP contribution in [-0.4, -0.2) is 41.8 Å². The van der Waals surface area contributed by atoms with E-state index in [1.165, 1.54) is 0 Å². The van der Waals surface area contributed by atoms with E-state index in [-0.39, 0.29) is 6.42 Å². The van der Waals surface area contributed by atoms with Gasteiger partial charge in [-0.25, -0.2) is 18.1 Å². The van der Waals surface area contributed by atoms with Gasteiger partial charge in [-0.05, 0) is 47.4 Å². The fourth-order valence-electron chi connectivity index (χ4n) is 3.43. The Labute approximate surface area is 185 Å². The summed E-state index contributed by atoms with van der Waals surface area (Å²) in [5.41, 5.74) is 5.34. The minimum Gasteiger partial charge on any atom is -0.480 e. The highest BCUT2D eigenvalue weighted by Crippen LogP contribution is 2.25. The molecule has 8 nitrogen and oxygen atoms in total. The van der Waals surface area contributed by atoms with E-state index in [0.29, 0.717) is 11.5 Å². The lowest BCUT2D eigenvalue weighted by Crippen LogP contribution is -2.41. The average molecular weight is 451 g/mol. The third kappa shape index (κ3) is 5.32. The molecule has 0 aliphatic rings. The normalized spacial score (nSPS) is 12.5. The number of sulfonamides is 1. The van der Waals surface area contributed by atoms with E-state index >= 15 is 0 Å². The Bertz CT molecular complexity index is 1330. The standard InChI is InChI=1S/C23H22N4O4S/c1-32(30,31)27-21(22(28)29)13-15-9-11-16(12-10-15)17-5-4-6-18(14-17)24-23-25-19-7-2-3-8-20(19)26-23/h2-12,14,21,27H,13H2,1H3,(H,28,29)(H2,24,25,26)/t21-/m0/s1. The van der Waals surface area contributed by atoms with E-state index in [2.05, 4.69) is 20.0 Å². The molecule has 0 saturated carbocycles. The maximum Gasteiger partial charge on any atom is 0.322 e. The Kier molecular flexibility index (Phi) is 5.93. The molecular formula is C23H22N4O4S. The molecule has 0 amide bonds. The van der Waals surface area contributed by atoms with Gasteiger partial charge in [0.2, 0.25) is 16.0 Å². The molecule has 1 heterocycles. The van der Waals surface area contributed by atoms with Crippen molar-refractivity contribution < 1.29 is 18.3 Å². The van der Waals surface area contributed by atoms with Crippen LogP contribution in [0.25, 0.3) is 22.2 Å².